The standard InChI is InChI=1S/C21H28N4O2/c1-17-14-24(19-6-8-20(27-3)9-7-19)11-12-25(17)21(26)16-23(2)15-18-5-4-10-22-13-18/h4-10,13,17H,11-12,14-16H2,1-3H3. The van der Waals surface area contributed by atoms with Crippen molar-refractivity contribution in [1.29, 1.82) is 0 Å². The van der Waals surface area contributed by atoms with Gasteiger partial charge in [0.15, 0.2) is 0 Å². The average molecular weight is 368 g/mol. The van der Waals surface area contributed by atoms with Gasteiger partial charge in [-0.15, -0.1) is 0 Å². The van der Waals surface area contributed by atoms with E-state index in [-0.39, 0.29) is 11.9 Å². The maximum Gasteiger partial charge on any atom is 0.237 e. The second-order valence-electron chi connectivity index (χ2n) is 7.11. The molecule has 27 heavy (non-hydrogen) atoms. The van der Waals surface area contributed by atoms with E-state index >= 15 is 0 Å². The van der Waals surface area contributed by atoms with Crippen molar-refractivity contribution >= 4 is 11.6 Å². The summed E-state index contributed by atoms with van der Waals surface area (Å²) in [6, 6.07) is 12.2. The number of carbonyl (C=O) groups is 1. The molecule has 0 aliphatic carbocycles. The number of benzene rings is 1. The van der Waals surface area contributed by atoms with Gasteiger partial charge in [-0.25, -0.2) is 0 Å². The Hall–Kier alpha value is -2.60. The van der Waals surface area contributed by atoms with Crippen LogP contribution in [0.3, 0.4) is 0 Å². The maximum absolute atomic E-state index is 12.8. The van der Waals surface area contributed by atoms with Crippen LogP contribution >= 0.6 is 0 Å². The highest BCUT2D eigenvalue weighted by Crippen LogP contribution is 2.22. The Kier molecular flexibility index (Phi) is 6.29. The zero-order chi connectivity index (χ0) is 19.2. The molecule has 1 aliphatic rings. The van der Waals surface area contributed by atoms with Crippen molar-refractivity contribution in [2.75, 3.05) is 45.2 Å². The molecule has 6 nitrogen and oxygen atoms in total. The van der Waals surface area contributed by atoms with Gasteiger partial charge in [-0.05, 0) is 49.9 Å². The van der Waals surface area contributed by atoms with Gasteiger partial charge in [0.1, 0.15) is 5.75 Å². The Bertz CT molecular complexity index is 736. The van der Waals surface area contributed by atoms with E-state index in [1.165, 1.54) is 5.69 Å². The predicted octanol–water partition coefficient (Wildman–Crippen LogP) is 2.26. The lowest BCUT2D eigenvalue weighted by Crippen LogP contribution is -2.55. The summed E-state index contributed by atoms with van der Waals surface area (Å²) in [6.07, 6.45) is 3.61. The topological polar surface area (TPSA) is 48.9 Å². The molecule has 1 unspecified atom stereocenters. The van der Waals surface area contributed by atoms with Crippen LogP contribution in [0.5, 0.6) is 5.75 Å². The van der Waals surface area contributed by atoms with E-state index < -0.39 is 0 Å². The molecule has 1 atom stereocenters. The number of ether oxygens (including phenoxy) is 1. The van der Waals surface area contributed by atoms with Crippen molar-refractivity contribution < 1.29 is 9.53 Å². The van der Waals surface area contributed by atoms with E-state index in [1.807, 2.05) is 47.3 Å². The van der Waals surface area contributed by atoms with Gasteiger partial charge in [-0.2, -0.15) is 0 Å². The van der Waals surface area contributed by atoms with Gasteiger partial charge in [0, 0.05) is 50.3 Å². The van der Waals surface area contributed by atoms with Gasteiger partial charge < -0.3 is 14.5 Å². The van der Waals surface area contributed by atoms with Crippen LogP contribution in [0.25, 0.3) is 0 Å². The number of hydrogen-bond acceptors (Lipinski definition) is 5. The fourth-order valence-electron chi connectivity index (χ4n) is 3.54. The van der Waals surface area contributed by atoms with Crippen molar-refractivity contribution in [3.63, 3.8) is 0 Å². The third-order valence-corrected chi connectivity index (χ3v) is 4.97. The number of amides is 1. The molecule has 1 saturated heterocycles. The van der Waals surface area contributed by atoms with E-state index in [4.69, 9.17) is 4.74 Å². The molecule has 0 saturated carbocycles. The summed E-state index contributed by atoms with van der Waals surface area (Å²) in [6.45, 7) is 5.68. The number of carbonyl (C=O) groups excluding carboxylic acids is 1. The maximum atomic E-state index is 12.8. The molecule has 6 heteroatoms. The zero-order valence-corrected chi connectivity index (χ0v) is 16.3. The molecule has 0 spiro atoms. The highest BCUT2D eigenvalue weighted by atomic mass is 16.5. The van der Waals surface area contributed by atoms with Crippen LogP contribution in [-0.2, 0) is 11.3 Å². The Balaban J connectivity index is 1.53. The lowest BCUT2D eigenvalue weighted by Gasteiger charge is -2.41. The van der Waals surface area contributed by atoms with Crippen molar-refractivity contribution in [3.05, 3.63) is 54.4 Å². The van der Waals surface area contributed by atoms with E-state index in [0.717, 1.165) is 37.5 Å². The number of piperazine rings is 1. The Morgan fingerprint density at radius 1 is 1.26 bits per heavy atom. The quantitative estimate of drug-likeness (QED) is 0.783. The van der Waals surface area contributed by atoms with E-state index in [1.54, 1.807) is 13.3 Å². The van der Waals surface area contributed by atoms with Crippen LogP contribution < -0.4 is 9.64 Å². The van der Waals surface area contributed by atoms with Crippen LogP contribution in [0.15, 0.2) is 48.8 Å². The van der Waals surface area contributed by atoms with Gasteiger partial charge in [0.2, 0.25) is 5.91 Å². The minimum Gasteiger partial charge on any atom is -0.497 e. The first-order chi connectivity index (χ1) is 13.1. The largest absolute Gasteiger partial charge is 0.497 e. The van der Waals surface area contributed by atoms with E-state index in [0.29, 0.717) is 6.54 Å². The van der Waals surface area contributed by atoms with E-state index in [2.05, 4.69) is 28.9 Å². The number of likely N-dealkylation sites (N-methyl/N-ethyl adjacent to an activating group) is 1. The third kappa shape index (κ3) is 4.98. The minimum absolute atomic E-state index is 0.181. The second-order valence-corrected chi connectivity index (χ2v) is 7.11. The van der Waals surface area contributed by atoms with Crippen LogP contribution in [0, 0.1) is 0 Å². The summed E-state index contributed by atoms with van der Waals surface area (Å²) in [5.74, 6) is 1.04. The number of methoxy groups -OCH3 is 1. The highest BCUT2D eigenvalue weighted by molar-refractivity contribution is 5.79. The van der Waals surface area contributed by atoms with Crippen LogP contribution in [-0.4, -0.2) is 67.1 Å². The first kappa shape index (κ1) is 19.2. The molecule has 1 aromatic carbocycles. The molecule has 2 aromatic rings. The fourth-order valence-corrected chi connectivity index (χ4v) is 3.54. The van der Waals surface area contributed by atoms with Crippen molar-refractivity contribution in [3.8, 4) is 5.75 Å². The summed E-state index contributed by atoms with van der Waals surface area (Å²) in [5.41, 5.74) is 2.29. The average Bonchev–Trinajstić information content (AvgIpc) is 2.68. The molecule has 0 N–H and O–H groups in total. The molecule has 0 bridgehead atoms. The van der Waals surface area contributed by atoms with Gasteiger partial charge in [0.25, 0.3) is 0 Å². The summed E-state index contributed by atoms with van der Waals surface area (Å²) in [5, 5.41) is 0. The number of pyridine rings is 1. The van der Waals surface area contributed by atoms with Crippen molar-refractivity contribution in [2.24, 2.45) is 0 Å². The fraction of sp³-hybridized carbons (Fsp3) is 0.429. The number of hydrogen-bond donors (Lipinski definition) is 0. The normalized spacial score (nSPS) is 17.3. The lowest BCUT2D eigenvalue weighted by molar-refractivity contribution is -0.134. The van der Waals surface area contributed by atoms with E-state index in [9.17, 15) is 4.79 Å². The second kappa shape index (κ2) is 8.86. The minimum atomic E-state index is 0.181. The summed E-state index contributed by atoms with van der Waals surface area (Å²) in [7, 11) is 3.65. The Morgan fingerprint density at radius 2 is 2.04 bits per heavy atom. The lowest BCUT2D eigenvalue weighted by atomic mass is 10.1. The summed E-state index contributed by atoms with van der Waals surface area (Å²) >= 11 is 0. The number of anilines is 1. The smallest absolute Gasteiger partial charge is 0.237 e. The molecule has 1 aliphatic heterocycles. The third-order valence-electron chi connectivity index (χ3n) is 4.97. The molecular formula is C21H28N4O2. The number of rotatable bonds is 6. The van der Waals surface area contributed by atoms with Gasteiger partial charge >= 0.3 is 0 Å². The molecular weight excluding hydrogens is 340 g/mol. The van der Waals surface area contributed by atoms with Gasteiger partial charge in [0.05, 0.1) is 13.7 Å². The zero-order valence-electron chi connectivity index (χ0n) is 16.3. The number of aromatic nitrogens is 1. The highest BCUT2D eigenvalue weighted by Gasteiger charge is 2.28. The first-order valence-electron chi connectivity index (χ1n) is 9.32. The summed E-state index contributed by atoms with van der Waals surface area (Å²) < 4.78 is 5.23. The molecule has 144 valence electrons. The first-order valence-corrected chi connectivity index (χ1v) is 9.32. The number of nitrogens with zero attached hydrogens (tertiary/aromatic N) is 4. The molecule has 1 aromatic heterocycles. The molecule has 3 rings (SSSR count). The molecule has 0 radical (unpaired) electrons. The van der Waals surface area contributed by atoms with Crippen LogP contribution in [0.4, 0.5) is 5.69 Å². The summed E-state index contributed by atoms with van der Waals surface area (Å²) in [4.78, 5) is 23.3. The van der Waals surface area contributed by atoms with Gasteiger partial charge in [-0.1, -0.05) is 6.07 Å². The monoisotopic (exact) mass is 368 g/mol. The molecule has 2 heterocycles. The SMILES string of the molecule is COc1ccc(N2CCN(C(=O)CN(C)Cc3cccnc3)C(C)C2)cc1. The Labute approximate surface area is 161 Å². The molecule has 1 fully saturated rings. The van der Waals surface area contributed by atoms with Crippen LogP contribution in [0.2, 0.25) is 0 Å². The Morgan fingerprint density at radius 3 is 2.67 bits per heavy atom. The van der Waals surface area contributed by atoms with Crippen LogP contribution in [0.1, 0.15) is 12.5 Å². The molecule has 1 amide bonds. The van der Waals surface area contributed by atoms with Crippen molar-refractivity contribution in [2.45, 2.75) is 19.5 Å². The van der Waals surface area contributed by atoms with Crippen molar-refractivity contribution in [1.82, 2.24) is 14.8 Å². The van der Waals surface area contributed by atoms with Gasteiger partial charge in [-0.3, -0.25) is 14.7 Å². The predicted molar refractivity (Wildman–Crippen MR) is 107 cm³/mol.